The molecular weight excluding hydrogens is 242 g/mol. The number of fused-ring (bicyclic) bond motifs is 1. The van der Waals surface area contributed by atoms with Gasteiger partial charge in [0.15, 0.2) is 5.71 Å². The topological polar surface area (TPSA) is 3.01 Å². The van der Waals surface area contributed by atoms with Gasteiger partial charge in [-0.05, 0) is 25.5 Å². The summed E-state index contributed by atoms with van der Waals surface area (Å²) in [6.45, 7) is 5.84. The minimum atomic E-state index is 0.809. The molecule has 1 nitrogen and oxygen atoms in total. The molecule has 0 radical (unpaired) electrons. The molecule has 1 aliphatic heterocycles. The molecule has 2 heteroatoms. The van der Waals surface area contributed by atoms with Gasteiger partial charge in [0.2, 0.25) is 5.69 Å². The highest BCUT2D eigenvalue weighted by molar-refractivity contribution is 6.31. The molecule has 1 aliphatic rings. The van der Waals surface area contributed by atoms with Gasteiger partial charge in [-0.15, -0.1) is 12.3 Å². The summed E-state index contributed by atoms with van der Waals surface area (Å²) >= 11 is 6.11. The molecule has 0 saturated heterocycles. The standard InChI is InChI=1S/C13H15ClN.C3H4/c1-4-5-10-7-11(14)8-13-12(10)6-9(2)15(13)3;1-3-2/h4-5,7-8H,6H2,1-3H3;1H,2H3/q+1;/b5-4-;. The summed E-state index contributed by atoms with van der Waals surface area (Å²) in [5.41, 5.74) is 5.24. The monoisotopic (exact) mass is 260 g/mol. The van der Waals surface area contributed by atoms with Gasteiger partial charge >= 0.3 is 0 Å². The number of allylic oxidation sites excluding steroid dienone is 1. The third-order valence-corrected chi connectivity index (χ3v) is 3.16. The summed E-state index contributed by atoms with van der Waals surface area (Å²) in [5.74, 6) is 2.25. The van der Waals surface area contributed by atoms with E-state index in [4.69, 9.17) is 11.6 Å². The first-order valence-corrected chi connectivity index (χ1v) is 6.31. The van der Waals surface area contributed by atoms with Gasteiger partial charge in [0.1, 0.15) is 7.05 Å². The van der Waals surface area contributed by atoms with Crippen molar-refractivity contribution in [3.63, 3.8) is 0 Å². The Labute approximate surface area is 115 Å². The molecule has 0 aliphatic carbocycles. The van der Waals surface area contributed by atoms with Crippen molar-refractivity contribution in [2.24, 2.45) is 0 Å². The van der Waals surface area contributed by atoms with E-state index in [1.807, 2.05) is 19.1 Å². The van der Waals surface area contributed by atoms with E-state index in [9.17, 15) is 0 Å². The number of benzene rings is 1. The fourth-order valence-corrected chi connectivity index (χ4v) is 2.26. The molecule has 0 saturated carbocycles. The Kier molecular flexibility index (Phi) is 5.19. The van der Waals surface area contributed by atoms with Gasteiger partial charge in [-0.2, -0.15) is 0 Å². The van der Waals surface area contributed by atoms with Crippen LogP contribution in [0.25, 0.3) is 6.08 Å². The Morgan fingerprint density at radius 3 is 2.61 bits per heavy atom. The summed E-state index contributed by atoms with van der Waals surface area (Å²) in [7, 11) is 2.09. The molecule has 2 rings (SSSR count). The van der Waals surface area contributed by atoms with Gasteiger partial charge < -0.3 is 0 Å². The lowest BCUT2D eigenvalue weighted by atomic mass is 10.0. The van der Waals surface area contributed by atoms with E-state index in [1.54, 1.807) is 6.92 Å². The summed E-state index contributed by atoms with van der Waals surface area (Å²) in [5, 5.41) is 0.809. The third-order valence-electron chi connectivity index (χ3n) is 2.94. The van der Waals surface area contributed by atoms with Crippen molar-refractivity contribution in [2.45, 2.75) is 27.2 Å². The van der Waals surface area contributed by atoms with Crippen molar-refractivity contribution >= 4 is 29.1 Å². The first-order valence-electron chi connectivity index (χ1n) is 5.93. The molecule has 0 unspecified atom stereocenters. The maximum Gasteiger partial charge on any atom is 0.210 e. The third kappa shape index (κ3) is 3.03. The summed E-state index contributed by atoms with van der Waals surface area (Å²) < 4.78 is 2.22. The zero-order valence-electron chi connectivity index (χ0n) is 11.4. The van der Waals surface area contributed by atoms with E-state index < -0.39 is 0 Å². The minimum absolute atomic E-state index is 0.809. The first kappa shape index (κ1) is 14.5. The Hall–Kier alpha value is -1.52. The normalized spacial score (nSPS) is 13.1. The highest BCUT2D eigenvalue weighted by Gasteiger charge is 2.26. The molecule has 1 heterocycles. The number of halogens is 1. The highest BCUT2D eigenvalue weighted by atomic mass is 35.5. The van der Waals surface area contributed by atoms with Crippen LogP contribution in [0, 0.1) is 12.3 Å². The van der Waals surface area contributed by atoms with Crippen LogP contribution in [-0.4, -0.2) is 17.3 Å². The quantitative estimate of drug-likeness (QED) is 0.523. The second kappa shape index (κ2) is 6.42. The van der Waals surface area contributed by atoms with Crippen LogP contribution >= 0.6 is 11.6 Å². The lowest BCUT2D eigenvalue weighted by molar-refractivity contribution is -0.402. The molecule has 0 bridgehead atoms. The molecule has 1 aromatic rings. The SMILES string of the molecule is C#CC.C/C=C\c1cc(Cl)cc2c1CC(C)=[N+]2C. The fourth-order valence-electron chi connectivity index (χ4n) is 2.04. The molecule has 0 aromatic heterocycles. The van der Waals surface area contributed by atoms with Gasteiger partial charge in [0, 0.05) is 23.6 Å². The Morgan fingerprint density at radius 2 is 2.06 bits per heavy atom. The van der Waals surface area contributed by atoms with Gasteiger partial charge in [-0.3, -0.25) is 0 Å². The maximum atomic E-state index is 6.11. The van der Waals surface area contributed by atoms with Crippen LogP contribution in [0.15, 0.2) is 18.2 Å². The zero-order chi connectivity index (χ0) is 13.7. The molecule has 18 heavy (non-hydrogen) atoms. The number of rotatable bonds is 1. The molecule has 0 atom stereocenters. The second-order valence-electron chi connectivity index (χ2n) is 4.25. The smallest absolute Gasteiger partial charge is 0.202 e. The Balaban J connectivity index is 0.000000492. The maximum absolute atomic E-state index is 6.11. The fraction of sp³-hybridized carbons (Fsp3) is 0.312. The van der Waals surface area contributed by atoms with Gasteiger partial charge in [-0.25, -0.2) is 4.58 Å². The average Bonchev–Trinajstić information content (AvgIpc) is 2.58. The molecule has 0 amide bonds. The molecule has 94 valence electrons. The number of hydrogen-bond donors (Lipinski definition) is 0. The van der Waals surface area contributed by atoms with E-state index in [2.05, 4.69) is 43.0 Å². The molecular formula is C16H19ClN+. The predicted octanol–water partition coefficient (Wildman–Crippen LogP) is 4.30. The average molecular weight is 261 g/mol. The first-order chi connectivity index (χ1) is 8.54. The summed E-state index contributed by atoms with van der Waals surface area (Å²) in [6, 6.07) is 4.08. The van der Waals surface area contributed by atoms with Crippen molar-refractivity contribution in [3.05, 3.63) is 34.4 Å². The molecule has 0 N–H and O–H groups in total. The largest absolute Gasteiger partial charge is 0.210 e. The molecule has 1 aromatic carbocycles. The van der Waals surface area contributed by atoms with E-state index in [0.717, 1.165) is 11.4 Å². The number of hydrogen-bond acceptors (Lipinski definition) is 0. The minimum Gasteiger partial charge on any atom is -0.202 e. The number of nitrogens with zero attached hydrogens (tertiary/aromatic N) is 1. The predicted molar refractivity (Wildman–Crippen MR) is 80.9 cm³/mol. The van der Waals surface area contributed by atoms with Crippen LogP contribution in [-0.2, 0) is 6.42 Å². The van der Waals surface area contributed by atoms with Crippen LogP contribution in [0.1, 0.15) is 31.9 Å². The van der Waals surface area contributed by atoms with Gasteiger partial charge in [-0.1, -0.05) is 23.8 Å². The number of terminal acetylenes is 1. The van der Waals surface area contributed by atoms with Crippen LogP contribution in [0.3, 0.4) is 0 Å². The van der Waals surface area contributed by atoms with Crippen molar-refractivity contribution in [2.75, 3.05) is 7.05 Å². The van der Waals surface area contributed by atoms with Crippen LogP contribution in [0.2, 0.25) is 5.02 Å². The van der Waals surface area contributed by atoms with Crippen LogP contribution in [0.4, 0.5) is 5.69 Å². The second-order valence-corrected chi connectivity index (χ2v) is 4.69. The highest BCUT2D eigenvalue weighted by Crippen LogP contribution is 2.32. The van der Waals surface area contributed by atoms with Crippen LogP contribution in [0.5, 0.6) is 0 Å². The van der Waals surface area contributed by atoms with Gasteiger partial charge in [0.25, 0.3) is 0 Å². The van der Waals surface area contributed by atoms with Crippen molar-refractivity contribution in [3.8, 4) is 12.3 Å². The summed E-state index contributed by atoms with van der Waals surface area (Å²) in [4.78, 5) is 0. The molecule has 0 spiro atoms. The van der Waals surface area contributed by atoms with E-state index in [0.29, 0.717) is 0 Å². The van der Waals surface area contributed by atoms with E-state index >= 15 is 0 Å². The Morgan fingerprint density at radius 1 is 1.44 bits per heavy atom. The Bertz CT molecular complexity index is 545. The van der Waals surface area contributed by atoms with Gasteiger partial charge in [0.05, 0.1) is 6.42 Å². The van der Waals surface area contributed by atoms with Crippen molar-refractivity contribution in [1.82, 2.24) is 0 Å². The van der Waals surface area contributed by atoms with Crippen molar-refractivity contribution in [1.29, 1.82) is 0 Å². The van der Waals surface area contributed by atoms with E-state index in [1.165, 1.54) is 22.5 Å². The molecule has 0 fully saturated rings. The lowest BCUT2D eigenvalue weighted by Crippen LogP contribution is -2.02. The lowest BCUT2D eigenvalue weighted by Gasteiger charge is -2.01. The van der Waals surface area contributed by atoms with E-state index in [-0.39, 0.29) is 0 Å². The summed E-state index contributed by atoms with van der Waals surface area (Å²) in [6.07, 6.45) is 9.80. The van der Waals surface area contributed by atoms with Crippen LogP contribution < -0.4 is 0 Å². The van der Waals surface area contributed by atoms with Crippen molar-refractivity contribution < 1.29 is 4.58 Å². The zero-order valence-corrected chi connectivity index (χ0v) is 12.2.